The highest BCUT2D eigenvalue weighted by atomic mass is 35.5. The van der Waals surface area contributed by atoms with Gasteiger partial charge in [-0.1, -0.05) is 23.2 Å². The Bertz CT molecular complexity index is 386. The van der Waals surface area contributed by atoms with E-state index in [2.05, 4.69) is 4.90 Å². The lowest BCUT2D eigenvalue weighted by Gasteiger charge is -2.34. The summed E-state index contributed by atoms with van der Waals surface area (Å²) >= 11 is 18.1. The fraction of sp³-hybridized carbons (Fsp3) is 0.500. The zero-order chi connectivity index (χ0) is 12.3. The maximum absolute atomic E-state index is 6.16. The summed E-state index contributed by atoms with van der Waals surface area (Å²) in [5.41, 5.74) is 1.04. The largest absolute Gasteiger partial charge is 0.378 e. The molecule has 1 aliphatic heterocycles. The summed E-state index contributed by atoms with van der Waals surface area (Å²) in [4.78, 5) is 2.29. The van der Waals surface area contributed by atoms with Crippen LogP contribution in [-0.4, -0.2) is 36.6 Å². The summed E-state index contributed by atoms with van der Waals surface area (Å²) in [5, 5.41) is 1.45. The molecule has 1 aromatic rings. The molecule has 5 heteroatoms. The Labute approximate surface area is 116 Å². The fourth-order valence-electron chi connectivity index (χ4n) is 1.92. The molecule has 1 saturated heterocycles. The van der Waals surface area contributed by atoms with E-state index in [4.69, 9.17) is 39.5 Å². The summed E-state index contributed by atoms with van der Waals surface area (Å²) in [7, 11) is 0. The van der Waals surface area contributed by atoms with Gasteiger partial charge in [0.05, 0.1) is 13.2 Å². The van der Waals surface area contributed by atoms with Gasteiger partial charge >= 0.3 is 0 Å². The average Bonchev–Trinajstić information content (AvgIpc) is 2.34. The Kier molecular flexibility index (Phi) is 4.95. The molecule has 1 unspecified atom stereocenters. The molecule has 0 bridgehead atoms. The summed E-state index contributed by atoms with van der Waals surface area (Å²) in [5.74, 6) is 0.568. The smallest absolute Gasteiger partial charge is 0.0634 e. The van der Waals surface area contributed by atoms with E-state index >= 15 is 0 Å². The molecule has 94 valence electrons. The van der Waals surface area contributed by atoms with Crippen LogP contribution in [0.5, 0.6) is 0 Å². The Morgan fingerprint density at radius 2 is 2.18 bits per heavy atom. The molecule has 0 saturated carbocycles. The van der Waals surface area contributed by atoms with Crippen molar-refractivity contribution in [2.24, 2.45) is 0 Å². The van der Waals surface area contributed by atoms with Crippen molar-refractivity contribution in [1.82, 2.24) is 4.90 Å². The minimum Gasteiger partial charge on any atom is -0.378 e. The van der Waals surface area contributed by atoms with Crippen LogP contribution in [0.3, 0.4) is 0 Å². The van der Waals surface area contributed by atoms with Crippen molar-refractivity contribution < 1.29 is 4.74 Å². The van der Waals surface area contributed by atoms with Crippen LogP contribution in [0.2, 0.25) is 10.0 Å². The zero-order valence-electron chi connectivity index (χ0n) is 9.33. The van der Waals surface area contributed by atoms with Gasteiger partial charge in [-0.3, -0.25) is 4.90 Å². The van der Waals surface area contributed by atoms with E-state index in [0.29, 0.717) is 17.5 Å². The van der Waals surface area contributed by atoms with E-state index in [1.807, 2.05) is 12.1 Å². The van der Waals surface area contributed by atoms with Gasteiger partial charge in [-0.25, -0.2) is 0 Å². The molecule has 0 N–H and O–H groups in total. The highest BCUT2D eigenvalue weighted by molar-refractivity contribution is 6.33. The Balaban J connectivity index is 2.10. The first-order valence-electron chi connectivity index (χ1n) is 5.52. The Morgan fingerprint density at radius 3 is 2.94 bits per heavy atom. The molecular formula is C12H14Cl3NO. The van der Waals surface area contributed by atoms with Crippen LogP contribution in [0.15, 0.2) is 18.2 Å². The number of benzene rings is 1. The van der Waals surface area contributed by atoms with Gasteiger partial charge in [0.25, 0.3) is 0 Å². The summed E-state index contributed by atoms with van der Waals surface area (Å²) in [6.07, 6.45) is 0. The first kappa shape index (κ1) is 13.4. The van der Waals surface area contributed by atoms with Crippen molar-refractivity contribution in [3.05, 3.63) is 33.8 Å². The van der Waals surface area contributed by atoms with Gasteiger partial charge in [-0.05, 0) is 23.8 Å². The SMILES string of the molecule is ClCC1COCCN1Cc1cc(Cl)ccc1Cl. The number of hydrogen-bond acceptors (Lipinski definition) is 2. The molecule has 0 aliphatic carbocycles. The lowest BCUT2D eigenvalue weighted by molar-refractivity contribution is -0.00302. The van der Waals surface area contributed by atoms with Crippen LogP contribution >= 0.6 is 34.8 Å². The standard InChI is InChI=1S/C12H14Cl3NO/c13-6-11-8-17-4-3-16(11)7-9-5-10(14)1-2-12(9)15/h1-2,5,11H,3-4,6-8H2. The number of alkyl halides is 1. The molecule has 0 spiro atoms. The molecule has 0 amide bonds. The minimum absolute atomic E-state index is 0.250. The van der Waals surface area contributed by atoms with Crippen molar-refractivity contribution in [3.63, 3.8) is 0 Å². The second-order valence-electron chi connectivity index (χ2n) is 4.09. The number of hydrogen-bond donors (Lipinski definition) is 0. The Morgan fingerprint density at radius 1 is 1.35 bits per heavy atom. The van der Waals surface area contributed by atoms with Crippen LogP contribution in [0.1, 0.15) is 5.56 Å². The van der Waals surface area contributed by atoms with E-state index in [-0.39, 0.29) is 6.04 Å². The lowest BCUT2D eigenvalue weighted by Crippen LogP contribution is -2.45. The number of morpholine rings is 1. The third-order valence-electron chi connectivity index (χ3n) is 2.91. The van der Waals surface area contributed by atoms with Crippen LogP contribution in [0.25, 0.3) is 0 Å². The topological polar surface area (TPSA) is 12.5 Å². The van der Waals surface area contributed by atoms with E-state index in [9.17, 15) is 0 Å². The molecule has 1 fully saturated rings. The second kappa shape index (κ2) is 6.26. The molecule has 1 aliphatic rings. The van der Waals surface area contributed by atoms with Gasteiger partial charge in [0.15, 0.2) is 0 Å². The molecule has 2 rings (SSSR count). The third-order valence-corrected chi connectivity index (χ3v) is 3.87. The van der Waals surface area contributed by atoms with Crippen molar-refractivity contribution in [1.29, 1.82) is 0 Å². The van der Waals surface area contributed by atoms with Gasteiger partial charge in [-0.15, -0.1) is 11.6 Å². The van der Waals surface area contributed by atoms with Gasteiger partial charge < -0.3 is 4.74 Å². The highest BCUT2D eigenvalue weighted by Gasteiger charge is 2.22. The number of nitrogens with zero attached hydrogens (tertiary/aromatic N) is 1. The monoisotopic (exact) mass is 293 g/mol. The molecule has 0 radical (unpaired) electrons. The molecule has 2 nitrogen and oxygen atoms in total. The highest BCUT2D eigenvalue weighted by Crippen LogP contribution is 2.23. The lowest BCUT2D eigenvalue weighted by atomic mass is 10.1. The fourth-order valence-corrected chi connectivity index (χ4v) is 2.58. The van der Waals surface area contributed by atoms with Gasteiger partial charge in [0.1, 0.15) is 0 Å². The molecule has 0 aromatic heterocycles. The summed E-state index contributed by atoms with van der Waals surface area (Å²) in [6.45, 7) is 3.06. The van der Waals surface area contributed by atoms with Crippen molar-refractivity contribution in [2.45, 2.75) is 12.6 Å². The molecular weight excluding hydrogens is 280 g/mol. The number of ether oxygens (including phenoxy) is 1. The maximum Gasteiger partial charge on any atom is 0.0634 e. The van der Waals surface area contributed by atoms with Gasteiger partial charge in [-0.2, -0.15) is 0 Å². The van der Waals surface area contributed by atoms with E-state index < -0.39 is 0 Å². The quantitative estimate of drug-likeness (QED) is 0.792. The van der Waals surface area contributed by atoms with Crippen molar-refractivity contribution in [3.8, 4) is 0 Å². The van der Waals surface area contributed by atoms with E-state index in [1.54, 1.807) is 6.07 Å². The average molecular weight is 295 g/mol. The van der Waals surface area contributed by atoms with Crippen molar-refractivity contribution in [2.75, 3.05) is 25.6 Å². The predicted molar refractivity (Wildman–Crippen MR) is 72.2 cm³/mol. The van der Waals surface area contributed by atoms with Gasteiger partial charge in [0, 0.05) is 35.1 Å². The third kappa shape index (κ3) is 3.49. The number of halogens is 3. The Hall–Kier alpha value is 0.01000. The maximum atomic E-state index is 6.16. The van der Waals surface area contributed by atoms with Crippen LogP contribution in [0.4, 0.5) is 0 Å². The van der Waals surface area contributed by atoms with Crippen LogP contribution < -0.4 is 0 Å². The second-order valence-corrected chi connectivity index (χ2v) is 5.24. The normalized spacial score (nSPS) is 21.7. The molecule has 17 heavy (non-hydrogen) atoms. The first-order chi connectivity index (χ1) is 8.20. The van der Waals surface area contributed by atoms with Crippen molar-refractivity contribution >= 4 is 34.8 Å². The zero-order valence-corrected chi connectivity index (χ0v) is 11.6. The van der Waals surface area contributed by atoms with E-state index in [1.165, 1.54) is 0 Å². The minimum atomic E-state index is 0.250. The summed E-state index contributed by atoms with van der Waals surface area (Å²) < 4.78 is 5.41. The molecule has 1 aromatic carbocycles. The summed E-state index contributed by atoms with van der Waals surface area (Å²) in [6, 6.07) is 5.78. The van der Waals surface area contributed by atoms with E-state index in [0.717, 1.165) is 30.3 Å². The molecule has 1 atom stereocenters. The van der Waals surface area contributed by atoms with Crippen LogP contribution in [0, 0.1) is 0 Å². The predicted octanol–water partition coefficient (Wildman–Crippen LogP) is 3.43. The number of rotatable bonds is 3. The molecule has 1 heterocycles. The first-order valence-corrected chi connectivity index (χ1v) is 6.81. The van der Waals surface area contributed by atoms with Gasteiger partial charge in [0.2, 0.25) is 0 Å². The van der Waals surface area contributed by atoms with Crippen LogP contribution in [-0.2, 0) is 11.3 Å².